The van der Waals surface area contributed by atoms with Crippen molar-refractivity contribution >= 4 is 23.3 Å². The zero-order valence-electron chi connectivity index (χ0n) is 10.2. The van der Waals surface area contributed by atoms with Crippen molar-refractivity contribution in [2.24, 2.45) is 5.84 Å². The summed E-state index contributed by atoms with van der Waals surface area (Å²) in [5.74, 6) is 5.35. The molecule has 0 fully saturated rings. The van der Waals surface area contributed by atoms with Crippen LogP contribution in [0.1, 0.15) is 16.1 Å². The largest absolute Gasteiger partial charge is 0.336 e. The summed E-state index contributed by atoms with van der Waals surface area (Å²) in [6.45, 7) is 0.410. The minimum Gasteiger partial charge on any atom is -0.336 e. The molecule has 2 heterocycles. The van der Waals surface area contributed by atoms with E-state index in [4.69, 9.17) is 17.4 Å². The fourth-order valence-corrected chi connectivity index (χ4v) is 1.75. The predicted octanol–water partition coefficient (Wildman–Crippen LogP) is 1.02. The lowest BCUT2D eigenvalue weighted by atomic mass is 10.3. The van der Waals surface area contributed by atoms with E-state index in [0.717, 1.165) is 5.56 Å². The normalized spacial score (nSPS) is 10.3. The molecule has 0 unspecified atom stereocenters. The van der Waals surface area contributed by atoms with E-state index in [9.17, 15) is 4.79 Å². The molecule has 0 aliphatic heterocycles. The van der Waals surface area contributed by atoms with Crippen LogP contribution in [-0.4, -0.2) is 33.0 Å². The summed E-state index contributed by atoms with van der Waals surface area (Å²) in [5, 5.41) is 6.79. The van der Waals surface area contributed by atoms with Crippen molar-refractivity contribution in [3.63, 3.8) is 0 Å². The van der Waals surface area contributed by atoms with Gasteiger partial charge in [-0.3, -0.25) is 9.89 Å². The summed E-state index contributed by atoms with van der Waals surface area (Å²) in [6.07, 6.45) is 3.37. The molecule has 0 aromatic carbocycles. The number of pyridine rings is 1. The Balaban J connectivity index is 2.18. The van der Waals surface area contributed by atoms with Crippen LogP contribution < -0.4 is 11.3 Å². The molecule has 2 rings (SSSR count). The standard InChI is InChI=1S/C11H13ClN6O/c1-18(6-7-4-14-15-5-7)11(19)10-8(12)2-3-9(16-10)17-13/h2-5H,6,13H2,1H3,(H,14,15)(H,16,17). The number of aromatic nitrogens is 3. The summed E-state index contributed by atoms with van der Waals surface area (Å²) < 4.78 is 0. The maximum atomic E-state index is 12.2. The molecule has 8 heteroatoms. The van der Waals surface area contributed by atoms with Crippen LogP contribution in [0.5, 0.6) is 0 Å². The van der Waals surface area contributed by atoms with Crippen LogP contribution in [0.15, 0.2) is 24.5 Å². The number of amides is 1. The molecule has 1 amide bonds. The molecule has 0 saturated heterocycles. The molecule has 0 radical (unpaired) electrons. The Kier molecular flexibility index (Phi) is 3.98. The number of nitrogen functional groups attached to an aromatic ring is 1. The number of anilines is 1. The van der Waals surface area contributed by atoms with Gasteiger partial charge >= 0.3 is 0 Å². The van der Waals surface area contributed by atoms with Crippen molar-refractivity contribution in [1.29, 1.82) is 0 Å². The lowest BCUT2D eigenvalue weighted by molar-refractivity contribution is 0.0779. The molecular weight excluding hydrogens is 268 g/mol. The van der Waals surface area contributed by atoms with Crippen LogP contribution in [0, 0.1) is 0 Å². The highest BCUT2D eigenvalue weighted by atomic mass is 35.5. The highest BCUT2D eigenvalue weighted by molar-refractivity contribution is 6.33. The van der Waals surface area contributed by atoms with E-state index < -0.39 is 0 Å². The zero-order chi connectivity index (χ0) is 13.8. The number of rotatable bonds is 4. The van der Waals surface area contributed by atoms with Crippen LogP contribution in [0.2, 0.25) is 5.02 Å². The third-order valence-corrected chi connectivity index (χ3v) is 2.82. The van der Waals surface area contributed by atoms with Crippen LogP contribution in [0.3, 0.4) is 0 Å². The van der Waals surface area contributed by atoms with Gasteiger partial charge in [0.1, 0.15) is 11.5 Å². The van der Waals surface area contributed by atoms with E-state index in [-0.39, 0.29) is 16.6 Å². The maximum absolute atomic E-state index is 12.2. The summed E-state index contributed by atoms with van der Waals surface area (Å²) in [5.41, 5.74) is 3.42. The third-order valence-electron chi connectivity index (χ3n) is 2.52. The van der Waals surface area contributed by atoms with Gasteiger partial charge in [0.25, 0.3) is 5.91 Å². The number of nitrogens with two attached hydrogens (primary N) is 1. The van der Waals surface area contributed by atoms with Gasteiger partial charge in [-0.15, -0.1) is 0 Å². The predicted molar refractivity (Wildman–Crippen MR) is 71.4 cm³/mol. The molecule has 0 bridgehead atoms. The second kappa shape index (κ2) is 5.68. The minimum absolute atomic E-state index is 0.156. The molecule has 0 spiro atoms. The van der Waals surface area contributed by atoms with Gasteiger partial charge in [0, 0.05) is 25.4 Å². The Hall–Kier alpha value is -2.12. The quantitative estimate of drug-likeness (QED) is 0.573. The molecule has 2 aromatic heterocycles. The van der Waals surface area contributed by atoms with E-state index >= 15 is 0 Å². The van der Waals surface area contributed by atoms with Crippen molar-refractivity contribution in [2.75, 3.05) is 12.5 Å². The number of halogens is 1. The lowest BCUT2D eigenvalue weighted by Gasteiger charge is -2.16. The maximum Gasteiger partial charge on any atom is 0.274 e. The Morgan fingerprint density at radius 2 is 2.37 bits per heavy atom. The summed E-state index contributed by atoms with van der Waals surface area (Å²) >= 11 is 5.98. The monoisotopic (exact) mass is 280 g/mol. The second-order valence-electron chi connectivity index (χ2n) is 3.94. The molecule has 7 nitrogen and oxygen atoms in total. The second-order valence-corrected chi connectivity index (χ2v) is 4.35. The smallest absolute Gasteiger partial charge is 0.274 e. The molecule has 100 valence electrons. The first kappa shape index (κ1) is 13.3. The Bertz CT molecular complexity index is 571. The number of nitrogens with zero attached hydrogens (tertiary/aromatic N) is 3. The van der Waals surface area contributed by atoms with Crippen molar-refractivity contribution in [3.8, 4) is 0 Å². The van der Waals surface area contributed by atoms with Gasteiger partial charge in [-0.05, 0) is 12.1 Å². The van der Waals surface area contributed by atoms with Gasteiger partial charge in [-0.2, -0.15) is 5.10 Å². The SMILES string of the molecule is CN(Cc1cn[nH]c1)C(=O)c1nc(NN)ccc1Cl. The Morgan fingerprint density at radius 3 is 3.00 bits per heavy atom. The van der Waals surface area contributed by atoms with Crippen LogP contribution >= 0.6 is 11.6 Å². The minimum atomic E-state index is -0.289. The van der Waals surface area contributed by atoms with E-state index in [1.165, 1.54) is 4.90 Å². The van der Waals surface area contributed by atoms with Crippen LogP contribution in [-0.2, 0) is 6.54 Å². The molecule has 19 heavy (non-hydrogen) atoms. The van der Waals surface area contributed by atoms with Crippen LogP contribution in [0.4, 0.5) is 5.82 Å². The molecule has 0 aliphatic carbocycles. The molecule has 0 saturated carbocycles. The average molecular weight is 281 g/mol. The highest BCUT2D eigenvalue weighted by Gasteiger charge is 2.18. The fourth-order valence-electron chi connectivity index (χ4n) is 1.56. The number of carbonyl (C=O) groups excluding carboxylic acids is 1. The average Bonchev–Trinajstić information content (AvgIpc) is 2.91. The zero-order valence-corrected chi connectivity index (χ0v) is 11.0. The van der Waals surface area contributed by atoms with Crippen molar-refractivity contribution < 1.29 is 4.79 Å². The molecule has 0 atom stereocenters. The molecule has 4 N–H and O–H groups in total. The van der Waals surface area contributed by atoms with Gasteiger partial charge in [0.15, 0.2) is 0 Å². The number of carbonyl (C=O) groups is 1. The summed E-state index contributed by atoms with van der Waals surface area (Å²) in [4.78, 5) is 17.8. The highest BCUT2D eigenvalue weighted by Crippen LogP contribution is 2.18. The van der Waals surface area contributed by atoms with E-state index in [1.807, 2.05) is 0 Å². The van der Waals surface area contributed by atoms with Gasteiger partial charge in [0.2, 0.25) is 0 Å². The summed E-state index contributed by atoms with van der Waals surface area (Å²) in [6, 6.07) is 3.16. The number of hydrogen-bond acceptors (Lipinski definition) is 5. The van der Waals surface area contributed by atoms with Crippen molar-refractivity contribution in [3.05, 3.63) is 40.8 Å². The number of aromatic amines is 1. The van der Waals surface area contributed by atoms with Gasteiger partial charge in [-0.25, -0.2) is 10.8 Å². The fraction of sp³-hybridized carbons (Fsp3) is 0.182. The van der Waals surface area contributed by atoms with Crippen LogP contribution in [0.25, 0.3) is 0 Å². The van der Waals surface area contributed by atoms with Gasteiger partial charge in [-0.1, -0.05) is 11.6 Å². The topological polar surface area (TPSA) is 99.9 Å². The molecule has 0 aliphatic rings. The molecule has 2 aromatic rings. The summed E-state index contributed by atoms with van der Waals surface area (Å²) in [7, 11) is 1.66. The van der Waals surface area contributed by atoms with E-state index in [1.54, 1.807) is 31.6 Å². The van der Waals surface area contributed by atoms with Crippen molar-refractivity contribution in [1.82, 2.24) is 20.1 Å². The van der Waals surface area contributed by atoms with E-state index in [2.05, 4.69) is 20.6 Å². The first-order chi connectivity index (χ1) is 9.11. The lowest BCUT2D eigenvalue weighted by Crippen LogP contribution is -2.27. The number of hydrazine groups is 1. The Labute approximate surface area is 114 Å². The number of nitrogens with one attached hydrogen (secondary N) is 2. The van der Waals surface area contributed by atoms with Crippen molar-refractivity contribution in [2.45, 2.75) is 6.54 Å². The number of H-pyrrole nitrogens is 1. The van der Waals surface area contributed by atoms with Gasteiger partial charge in [0.05, 0.1) is 11.2 Å². The first-order valence-corrected chi connectivity index (χ1v) is 5.86. The van der Waals surface area contributed by atoms with E-state index in [0.29, 0.717) is 12.4 Å². The first-order valence-electron chi connectivity index (χ1n) is 5.48. The molecular formula is C11H13ClN6O. The number of hydrogen-bond donors (Lipinski definition) is 3. The third kappa shape index (κ3) is 3.01. The Morgan fingerprint density at radius 1 is 1.58 bits per heavy atom. The van der Waals surface area contributed by atoms with Gasteiger partial charge < -0.3 is 10.3 Å².